The largest absolute Gasteiger partial charge is 0.474 e. The van der Waals surface area contributed by atoms with Gasteiger partial charge in [-0.2, -0.15) is 5.26 Å². The Balaban J connectivity index is 1.32. The van der Waals surface area contributed by atoms with Gasteiger partial charge in [0.05, 0.1) is 0 Å². The summed E-state index contributed by atoms with van der Waals surface area (Å²) >= 11 is 1.21. The van der Waals surface area contributed by atoms with Crippen LogP contribution in [0.15, 0.2) is 64.4 Å². The monoisotopic (exact) mass is 570 g/mol. The standard InChI is InChI=1S/C31H34N6O3S/c1-2-37-30(39)27(41-31(37)25(19-32)29-35-26(21-40-29)22-10-4-3-5-11-22)20-34-24-13-8-12-23(18-24)28(38)33-14-9-17-36-15-6-7-16-36/h3-5,8,10-13,18,20,26,34H,2,6-7,9,14-17,21H2,1H3,(H,33,38)/b27-20+,31-25-/t26-/m0/s1. The van der Waals surface area contributed by atoms with Crippen LogP contribution < -0.4 is 25.4 Å². The lowest BCUT2D eigenvalue weighted by molar-refractivity contribution is 0.0952. The molecule has 212 valence electrons. The summed E-state index contributed by atoms with van der Waals surface area (Å²) in [6.45, 7) is 6.54. The number of likely N-dealkylation sites (tertiary alicyclic amines) is 1. The predicted molar refractivity (Wildman–Crippen MR) is 162 cm³/mol. The Hall–Kier alpha value is -4.20. The fraction of sp³-hybridized carbons (Fsp3) is 0.355. The Morgan fingerprint density at radius 1 is 1.20 bits per heavy atom. The van der Waals surface area contributed by atoms with Gasteiger partial charge in [0.2, 0.25) is 5.90 Å². The normalized spacial score (nSPS) is 18.0. The molecule has 0 spiro atoms. The number of carbonyl (C=O) groups is 1. The second-order valence-electron chi connectivity index (χ2n) is 10.0. The molecule has 0 saturated carbocycles. The molecule has 9 nitrogen and oxygen atoms in total. The molecule has 1 saturated heterocycles. The summed E-state index contributed by atoms with van der Waals surface area (Å²) in [5, 5.41) is 16.2. The Bertz CT molecular complexity index is 1630. The minimum absolute atomic E-state index is 0.124. The molecule has 41 heavy (non-hydrogen) atoms. The van der Waals surface area contributed by atoms with E-state index in [0.29, 0.717) is 40.1 Å². The highest BCUT2D eigenvalue weighted by atomic mass is 32.1. The van der Waals surface area contributed by atoms with Crippen LogP contribution in [-0.4, -0.2) is 54.1 Å². The third kappa shape index (κ3) is 6.76. The molecule has 2 aliphatic rings. The van der Waals surface area contributed by atoms with Crippen LogP contribution in [0.5, 0.6) is 0 Å². The first kappa shape index (κ1) is 28.3. The van der Waals surface area contributed by atoms with E-state index in [4.69, 9.17) is 4.74 Å². The van der Waals surface area contributed by atoms with E-state index in [1.54, 1.807) is 29.0 Å². The number of rotatable bonds is 10. The summed E-state index contributed by atoms with van der Waals surface area (Å²) in [7, 11) is 0. The molecule has 0 aliphatic carbocycles. The fourth-order valence-electron chi connectivity index (χ4n) is 5.05. The molecule has 1 atom stereocenters. The molecule has 0 radical (unpaired) electrons. The van der Waals surface area contributed by atoms with Gasteiger partial charge in [0.25, 0.3) is 11.5 Å². The van der Waals surface area contributed by atoms with Crippen LogP contribution in [0.3, 0.4) is 0 Å². The molecule has 0 bridgehead atoms. The molecular formula is C31H34N6O3S. The second kappa shape index (κ2) is 13.4. The summed E-state index contributed by atoms with van der Waals surface area (Å²) in [6.07, 6.45) is 5.07. The Morgan fingerprint density at radius 2 is 2.00 bits per heavy atom. The number of nitrogens with one attached hydrogen (secondary N) is 2. The number of anilines is 1. The molecule has 10 heteroatoms. The Kier molecular flexibility index (Phi) is 9.29. The van der Waals surface area contributed by atoms with E-state index in [0.717, 1.165) is 31.6 Å². The van der Waals surface area contributed by atoms with Gasteiger partial charge in [-0.3, -0.25) is 14.2 Å². The number of ether oxygens (including phenoxy) is 1. The number of amides is 1. The van der Waals surface area contributed by atoms with Crippen molar-refractivity contribution in [1.82, 2.24) is 14.8 Å². The van der Waals surface area contributed by atoms with Crippen molar-refractivity contribution >= 4 is 40.6 Å². The first-order valence-electron chi connectivity index (χ1n) is 14.0. The quantitative estimate of drug-likeness (QED) is 0.363. The van der Waals surface area contributed by atoms with Gasteiger partial charge in [-0.1, -0.05) is 36.4 Å². The summed E-state index contributed by atoms with van der Waals surface area (Å²) < 4.78 is 8.31. The first-order chi connectivity index (χ1) is 20.1. The lowest BCUT2D eigenvalue weighted by atomic mass is 10.1. The number of hydrogen-bond acceptors (Lipinski definition) is 8. The van der Waals surface area contributed by atoms with Gasteiger partial charge < -0.3 is 20.3 Å². The summed E-state index contributed by atoms with van der Waals surface area (Å²) in [4.78, 5) is 33.0. The molecule has 1 fully saturated rings. The molecule has 3 aromatic rings. The van der Waals surface area contributed by atoms with Gasteiger partial charge in [-0.05, 0) is 69.6 Å². The lowest BCUT2D eigenvalue weighted by Gasteiger charge is -2.14. The predicted octanol–water partition coefficient (Wildman–Crippen LogP) is 2.84. The zero-order valence-corrected chi connectivity index (χ0v) is 24.0. The highest BCUT2D eigenvalue weighted by Crippen LogP contribution is 2.24. The van der Waals surface area contributed by atoms with E-state index in [1.807, 2.05) is 43.3 Å². The van der Waals surface area contributed by atoms with Crippen LogP contribution >= 0.6 is 11.3 Å². The second-order valence-corrected chi connectivity index (χ2v) is 11.0. The third-order valence-electron chi connectivity index (χ3n) is 7.23. The van der Waals surface area contributed by atoms with Gasteiger partial charge in [-0.15, -0.1) is 11.3 Å². The van der Waals surface area contributed by atoms with Crippen molar-refractivity contribution in [2.45, 2.75) is 38.8 Å². The molecule has 5 rings (SSSR count). The summed E-state index contributed by atoms with van der Waals surface area (Å²) in [5.74, 6) is 0.129. The van der Waals surface area contributed by atoms with Crippen molar-refractivity contribution in [3.8, 4) is 6.07 Å². The average Bonchev–Trinajstić information content (AvgIpc) is 3.77. The van der Waals surface area contributed by atoms with Gasteiger partial charge in [0.1, 0.15) is 33.5 Å². The maximum absolute atomic E-state index is 13.2. The highest BCUT2D eigenvalue weighted by Gasteiger charge is 2.25. The molecule has 1 amide bonds. The maximum atomic E-state index is 13.2. The molecule has 1 aromatic heterocycles. The smallest absolute Gasteiger partial charge is 0.270 e. The Morgan fingerprint density at radius 3 is 2.76 bits per heavy atom. The van der Waals surface area contributed by atoms with E-state index in [-0.39, 0.29) is 29.0 Å². The van der Waals surface area contributed by atoms with E-state index in [9.17, 15) is 14.9 Å². The topological polar surface area (TPSA) is 112 Å². The van der Waals surface area contributed by atoms with Crippen molar-refractivity contribution in [3.05, 3.63) is 85.3 Å². The SMILES string of the molecule is CCn1c(=O)/c(=C\Nc2cccc(C(=O)NCCCN3CCCC3)c2)s/c1=C(/C#N)C1=N[C@H](c2ccccc2)CO1. The number of nitrogens with zero attached hydrogens (tertiary/aromatic N) is 4. The number of hydrogen-bond donors (Lipinski definition) is 2. The zero-order chi connectivity index (χ0) is 28.6. The number of benzene rings is 2. The number of carbonyl (C=O) groups excluding carboxylic acids is 1. The summed E-state index contributed by atoms with van der Waals surface area (Å²) in [5.41, 5.74) is 2.28. The van der Waals surface area contributed by atoms with Crippen LogP contribution in [-0.2, 0) is 11.3 Å². The van der Waals surface area contributed by atoms with Crippen LogP contribution in [0.4, 0.5) is 5.69 Å². The van der Waals surface area contributed by atoms with Gasteiger partial charge in [-0.25, -0.2) is 4.99 Å². The van der Waals surface area contributed by atoms with Crippen molar-refractivity contribution < 1.29 is 9.53 Å². The van der Waals surface area contributed by atoms with Gasteiger partial charge in [0.15, 0.2) is 0 Å². The molecular weight excluding hydrogens is 536 g/mol. The van der Waals surface area contributed by atoms with Crippen molar-refractivity contribution in [2.75, 3.05) is 38.1 Å². The maximum Gasteiger partial charge on any atom is 0.270 e. The van der Waals surface area contributed by atoms with Crippen LogP contribution in [0.25, 0.3) is 11.8 Å². The fourth-order valence-corrected chi connectivity index (χ4v) is 6.13. The van der Waals surface area contributed by atoms with E-state index in [1.165, 1.54) is 24.2 Å². The molecule has 2 N–H and O–H groups in total. The first-order valence-corrected chi connectivity index (χ1v) is 14.9. The zero-order valence-electron chi connectivity index (χ0n) is 23.1. The van der Waals surface area contributed by atoms with E-state index < -0.39 is 0 Å². The number of nitriles is 1. The number of aliphatic imine (C=N–C) groups is 1. The van der Waals surface area contributed by atoms with Crippen LogP contribution in [0, 0.1) is 11.3 Å². The molecule has 2 aromatic carbocycles. The van der Waals surface area contributed by atoms with Gasteiger partial charge >= 0.3 is 0 Å². The highest BCUT2D eigenvalue weighted by molar-refractivity contribution is 7.07. The molecule has 3 heterocycles. The number of aromatic nitrogens is 1. The van der Waals surface area contributed by atoms with Crippen LogP contribution in [0.1, 0.15) is 48.1 Å². The van der Waals surface area contributed by atoms with Crippen molar-refractivity contribution in [2.24, 2.45) is 4.99 Å². The minimum Gasteiger partial charge on any atom is -0.474 e. The molecule has 0 unspecified atom stereocenters. The van der Waals surface area contributed by atoms with E-state index >= 15 is 0 Å². The van der Waals surface area contributed by atoms with Crippen molar-refractivity contribution in [3.63, 3.8) is 0 Å². The van der Waals surface area contributed by atoms with E-state index in [2.05, 4.69) is 26.6 Å². The van der Waals surface area contributed by atoms with Gasteiger partial charge in [0, 0.05) is 30.5 Å². The summed E-state index contributed by atoms with van der Waals surface area (Å²) in [6, 6.07) is 19.0. The number of thiazole rings is 1. The third-order valence-corrected chi connectivity index (χ3v) is 8.36. The van der Waals surface area contributed by atoms with Crippen molar-refractivity contribution in [1.29, 1.82) is 5.26 Å². The molecule has 2 aliphatic heterocycles. The Labute approximate surface area is 243 Å². The van der Waals surface area contributed by atoms with Crippen LogP contribution in [0.2, 0.25) is 0 Å². The minimum atomic E-state index is -0.210. The average molecular weight is 571 g/mol. The lowest BCUT2D eigenvalue weighted by Crippen LogP contribution is -2.32.